The molecular weight excluding hydrogens is 733 g/mol. The van der Waals surface area contributed by atoms with Gasteiger partial charge in [-0.3, -0.25) is 32.9 Å². The fraction of sp³-hybridized carbons (Fsp3) is 0.591. The SMILES string of the molecule is Cc1ncc(COP(=O)(O)O)c(CNC2COC(OP(=O)(O)OP(=O)(O)OCC3OC(n4ccc(=O)[nH]c4=O)C(O)C3O)C(O)C2O)c1O. The van der Waals surface area contributed by atoms with Gasteiger partial charge in [-0.25, -0.2) is 18.5 Å². The van der Waals surface area contributed by atoms with E-state index in [4.69, 9.17) is 19.3 Å². The molecule has 2 aromatic rings. The molecule has 276 valence electrons. The Balaban J connectivity index is 1.31. The Kier molecular flexibility index (Phi) is 12.5. The third kappa shape index (κ3) is 10.2. The van der Waals surface area contributed by atoms with Gasteiger partial charge >= 0.3 is 29.2 Å². The van der Waals surface area contributed by atoms with Crippen molar-refractivity contribution in [3.8, 4) is 5.75 Å². The van der Waals surface area contributed by atoms with Gasteiger partial charge < -0.3 is 59.9 Å². The van der Waals surface area contributed by atoms with Crippen LogP contribution in [-0.2, 0) is 54.2 Å². The lowest BCUT2D eigenvalue weighted by atomic mass is 10.0. The average molecular weight is 766 g/mol. The molecule has 0 bridgehead atoms. The van der Waals surface area contributed by atoms with Gasteiger partial charge in [0.25, 0.3) is 5.56 Å². The van der Waals surface area contributed by atoms with Crippen LogP contribution in [0.4, 0.5) is 0 Å². The summed E-state index contributed by atoms with van der Waals surface area (Å²) in [5, 5.41) is 54.7. The number of hydrogen-bond acceptors (Lipinski definition) is 18. The molecule has 10 unspecified atom stereocenters. The quantitative estimate of drug-likeness (QED) is 0.0837. The van der Waals surface area contributed by atoms with E-state index in [-0.39, 0.29) is 29.1 Å². The molecule has 0 aromatic carbocycles. The summed E-state index contributed by atoms with van der Waals surface area (Å²) >= 11 is 0. The molecule has 2 aromatic heterocycles. The molecule has 11 N–H and O–H groups in total. The van der Waals surface area contributed by atoms with Gasteiger partial charge in [-0.2, -0.15) is 4.31 Å². The van der Waals surface area contributed by atoms with Gasteiger partial charge in [0.2, 0.25) is 0 Å². The maximum Gasteiger partial charge on any atom is 0.483 e. The minimum atomic E-state index is -5.63. The van der Waals surface area contributed by atoms with Crippen molar-refractivity contribution in [3.05, 3.63) is 56.1 Å². The van der Waals surface area contributed by atoms with Crippen LogP contribution in [0.25, 0.3) is 0 Å². The molecule has 49 heavy (non-hydrogen) atoms. The van der Waals surface area contributed by atoms with Crippen molar-refractivity contribution in [3.63, 3.8) is 0 Å². The van der Waals surface area contributed by atoms with Crippen molar-refractivity contribution in [2.24, 2.45) is 0 Å². The molecule has 0 saturated carbocycles. The highest BCUT2D eigenvalue weighted by Crippen LogP contribution is 2.61. The zero-order valence-corrected chi connectivity index (χ0v) is 27.6. The molecule has 24 nitrogen and oxygen atoms in total. The lowest BCUT2D eigenvalue weighted by molar-refractivity contribution is -0.222. The largest absolute Gasteiger partial charge is 0.506 e. The Bertz CT molecular complexity index is 1750. The Hall–Kier alpha value is -2.28. The summed E-state index contributed by atoms with van der Waals surface area (Å²) in [6.07, 6.45) is -10.6. The third-order valence-corrected chi connectivity index (χ3v) is 10.2. The number of rotatable bonds is 14. The first kappa shape index (κ1) is 39.5. The van der Waals surface area contributed by atoms with Crippen molar-refractivity contribution in [2.45, 2.75) is 69.2 Å². The summed E-state index contributed by atoms with van der Waals surface area (Å²) in [4.78, 5) is 67.1. The smallest absolute Gasteiger partial charge is 0.483 e. The van der Waals surface area contributed by atoms with Gasteiger partial charge in [0.1, 0.15) is 36.3 Å². The molecule has 2 aliphatic rings. The lowest BCUT2D eigenvalue weighted by Crippen LogP contribution is -2.58. The van der Waals surface area contributed by atoms with Crippen LogP contribution in [0.5, 0.6) is 5.75 Å². The molecule has 0 radical (unpaired) electrons. The minimum Gasteiger partial charge on any atom is -0.506 e. The summed E-state index contributed by atoms with van der Waals surface area (Å²) in [5.74, 6) is -0.365. The lowest BCUT2D eigenvalue weighted by Gasteiger charge is -2.38. The number of aromatic amines is 1. The first-order chi connectivity index (χ1) is 22.7. The molecule has 4 rings (SSSR count). The number of nitrogens with one attached hydrogen (secondary N) is 2. The number of ether oxygens (including phenoxy) is 2. The van der Waals surface area contributed by atoms with Crippen LogP contribution in [0.3, 0.4) is 0 Å². The molecule has 27 heteroatoms. The van der Waals surface area contributed by atoms with Gasteiger partial charge in [0, 0.05) is 36.1 Å². The summed E-state index contributed by atoms with van der Waals surface area (Å²) in [6.45, 7) is -1.08. The molecule has 4 heterocycles. The van der Waals surface area contributed by atoms with Crippen LogP contribution in [-0.4, -0.2) is 116 Å². The molecule has 2 aliphatic heterocycles. The Morgan fingerprint density at radius 2 is 1.71 bits per heavy atom. The highest BCUT2D eigenvalue weighted by molar-refractivity contribution is 7.61. The van der Waals surface area contributed by atoms with Crippen molar-refractivity contribution in [2.75, 3.05) is 13.2 Å². The summed E-state index contributed by atoms with van der Waals surface area (Å²) in [7, 11) is -16.1. The number of aromatic nitrogens is 3. The van der Waals surface area contributed by atoms with Crippen molar-refractivity contribution < 1.29 is 86.2 Å². The van der Waals surface area contributed by atoms with Crippen LogP contribution in [0, 0.1) is 6.92 Å². The van der Waals surface area contributed by atoms with Crippen LogP contribution < -0.4 is 16.6 Å². The van der Waals surface area contributed by atoms with Gasteiger partial charge in [-0.1, -0.05) is 0 Å². The van der Waals surface area contributed by atoms with E-state index in [0.717, 1.165) is 16.8 Å². The topological polar surface area (TPSA) is 368 Å². The highest BCUT2D eigenvalue weighted by Gasteiger charge is 2.48. The Morgan fingerprint density at radius 1 is 1.02 bits per heavy atom. The second kappa shape index (κ2) is 15.5. The summed E-state index contributed by atoms with van der Waals surface area (Å²) in [5.41, 5.74) is -1.50. The van der Waals surface area contributed by atoms with Gasteiger partial charge in [0.15, 0.2) is 12.5 Å². The van der Waals surface area contributed by atoms with E-state index in [2.05, 4.69) is 28.2 Å². The van der Waals surface area contributed by atoms with E-state index < -0.39 is 104 Å². The molecule has 0 amide bonds. The number of aryl methyl sites for hydroxylation is 1. The fourth-order valence-electron chi connectivity index (χ4n) is 4.66. The normalized spacial score (nSPS) is 30.1. The Morgan fingerprint density at radius 3 is 2.37 bits per heavy atom. The second-order valence-electron chi connectivity index (χ2n) is 10.6. The summed E-state index contributed by atoms with van der Waals surface area (Å²) in [6, 6.07) is -0.222. The number of nitrogens with zero attached hydrogens (tertiary/aromatic N) is 2. The number of aliphatic hydroxyl groups is 4. The number of hydrogen-bond donors (Lipinski definition) is 11. The van der Waals surface area contributed by atoms with Crippen molar-refractivity contribution in [1.82, 2.24) is 19.9 Å². The number of H-pyrrole nitrogens is 1. The molecular formula is C22H33N4O20P3. The Labute approximate surface area is 273 Å². The molecule has 0 aliphatic carbocycles. The number of phosphoric ester groups is 3. The number of phosphoric acid groups is 3. The fourth-order valence-corrected chi connectivity index (χ4v) is 7.13. The third-order valence-electron chi connectivity index (χ3n) is 7.15. The van der Waals surface area contributed by atoms with E-state index in [0.29, 0.717) is 0 Å². The first-order valence-corrected chi connectivity index (χ1v) is 18.3. The van der Waals surface area contributed by atoms with E-state index in [1.54, 1.807) is 0 Å². The predicted molar refractivity (Wildman–Crippen MR) is 155 cm³/mol. The molecule has 0 spiro atoms. The zero-order valence-electron chi connectivity index (χ0n) is 24.9. The first-order valence-electron chi connectivity index (χ1n) is 13.8. The van der Waals surface area contributed by atoms with Crippen LogP contribution in [0.2, 0.25) is 0 Å². The number of aromatic hydroxyl groups is 1. The standard InChI is InChI=1S/C22H33N4O20P3/c1-9-15(28)11(10(4-23-9)6-42-47(34,35)36)5-24-12-7-41-21(19(32)16(12)29)45-49(39,40)46-48(37,38)43-8-13-17(30)18(31)20(44-13)26-3-2-14(27)25-22(26)33/h2-4,12-13,16-21,24,28-32H,5-8H2,1H3,(H,37,38)(H,39,40)(H,25,27,33)(H2,34,35,36). The van der Waals surface area contributed by atoms with Crippen molar-refractivity contribution in [1.29, 1.82) is 0 Å². The van der Waals surface area contributed by atoms with E-state index in [9.17, 15) is 58.6 Å². The second-order valence-corrected chi connectivity index (χ2v) is 14.8. The minimum absolute atomic E-state index is 0.0650. The number of aliphatic hydroxyl groups excluding tert-OH is 4. The average Bonchev–Trinajstić information content (AvgIpc) is 3.27. The van der Waals surface area contributed by atoms with E-state index in [1.165, 1.54) is 13.1 Å². The van der Waals surface area contributed by atoms with Gasteiger partial charge in [-0.15, -0.1) is 0 Å². The predicted octanol–water partition coefficient (Wildman–Crippen LogP) is -3.34. The van der Waals surface area contributed by atoms with Crippen LogP contribution in [0.1, 0.15) is 23.0 Å². The van der Waals surface area contributed by atoms with Crippen LogP contribution >= 0.6 is 23.5 Å². The van der Waals surface area contributed by atoms with Gasteiger partial charge in [-0.05, 0) is 6.92 Å². The van der Waals surface area contributed by atoms with E-state index in [1.807, 2.05) is 4.98 Å². The summed E-state index contributed by atoms with van der Waals surface area (Å²) < 4.78 is 65.1. The zero-order chi connectivity index (χ0) is 36.5. The monoisotopic (exact) mass is 766 g/mol. The van der Waals surface area contributed by atoms with Gasteiger partial charge in [0.05, 0.1) is 31.6 Å². The van der Waals surface area contributed by atoms with Crippen molar-refractivity contribution >= 4 is 23.5 Å². The van der Waals surface area contributed by atoms with E-state index >= 15 is 0 Å². The molecule has 2 fully saturated rings. The number of pyridine rings is 1. The van der Waals surface area contributed by atoms with Crippen LogP contribution in [0.15, 0.2) is 28.0 Å². The maximum absolute atomic E-state index is 12.5. The molecule has 2 saturated heterocycles. The highest BCUT2D eigenvalue weighted by atomic mass is 31.3. The molecule has 10 atom stereocenters. The maximum atomic E-state index is 12.5.